The first-order valence-corrected chi connectivity index (χ1v) is 5.52. The molecule has 0 aliphatic heterocycles. The maximum atomic E-state index is 11.8. The van der Waals surface area contributed by atoms with Gasteiger partial charge in [0.1, 0.15) is 0 Å². The number of carbonyl (C=O) groups excluding carboxylic acids is 1. The normalized spacial score (nSPS) is 36.5. The van der Waals surface area contributed by atoms with Crippen molar-refractivity contribution in [3.63, 3.8) is 0 Å². The Morgan fingerprint density at radius 2 is 2.27 bits per heavy atom. The van der Waals surface area contributed by atoms with Gasteiger partial charge in [-0.3, -0.25) is 4.79 Å². The molecule has 0 unspecified atom stereocenters. The summed E-state index contributed by atoms with van der Waals surface area (Å²) >= 11 is 0. The third kappa shape index (κ3) is 1.65. The molecule has 0 N–H and O–H groups in total. The van der Waals surface area contributed by atoms with Gasteiger partial charge in [-0.2, -0.15) is 5.26 Å². The van der Waals surface area contributed by atoms with Gasteiger partial charge in [-0.15, -0.1) is 0 Å². The molecule has 3 heteroatoms. The summed E-state index contributed by atoms with van der Waals surface area (Å²) in [6, 6.07) is 2.25. The first kappa shape index (κ1) is 10.2. The molecule has 0 aromatic heterocycles. The summed E-state index contributed by atoms with van der Waals surface area (Å²) in [6.07, 6.45) is 5.92. The van der Waals surface area contributed by atoms with Crippen molar-refractivity contribution < 1.29 is 9.53 Å². The number of esters is 1. The summed E-state index contributed by atoms with van der Waals surface area (Å²) in [7, 11) is 0. The van der Waals surface area contributed by atoms with E-state index in [4.69, 9.17) is 10.00 Å². The molecule has 80 valence electrons. The number of fused-ring (bicyclic) bond motifs is 2. The van der Waals surface area contributed by atoms with E-state index in [0.29, 0.717) is 6.61 Å². The molecule has 2 rings (SSSR count). The SMILES string of the molecule is CCCOC(=O)[C@H]1[C@@H](C#N)[C@@H]2C=C[C@H]1C2. The van der Waals surface area contributed by atoms with Gasteiger partial charge in [0.25, 0.3) is 0 Å². The molecule has 15 heavy (non-hydrogen) atoms. The van der Waals surface area contributed by atoms with E-state index in [-0.39, 0.29) is 29.6 Å². The van der Waals surface area contributed by atoms with E-state index in [0.717, 1.165) is 12.8 Å². The fourth-order valence-electron chi connectivity index (χ4n) is 2.62. The number of carbonyl (C=O) groups is 1. The van der Waals surface area contributed by atoms with Crippen LogP contribution in [0, 0.1) is 35.0 Å². The molecule has 2 bridgehead atoms. The molecule has 3 nitrogen and oxygen atoms in total. The lowest BCUT2D eigenvalue weighted by molar-refractivity contribution is -0.150. The van der Waals surface area contributed by atoms with Crippen molar-refractivity contribution in [2.24, 2.45) is 23.7 Å². The number of hydrogen-bond donors (Lipinski definition) is 0. The van der Waals surface area contributed by atoms with Crippen molar-refractivity contribution in [3.05, 3.63) is 12.2 Å². The summed E-state index contributed by atoms with van der Waals surface area (Å²) in [6.45, 7) is 2.43. The molecule has 4 atom stereocenters. The number of hydrogen-bond acceptors (Lipinski definition) is 3. The first-order valence-electron chi connectivity index (χ1n) is 5.52. The lowest BCUT2D eigenvalue weighted by Gasteiger charge is -2.20. The van der Waals surface area contributed by atoms with E-state index in [1.807, 2.05) is 6.92 Å². The zero-order valence-corrected chi connectivity index (χ0v) is 8.85. The number of ether oxygens (including phenoxy) is 1. The van der Waals surface area contributed by atoms with E-state index in [1.54, 1.807) is 0 Å². The lowest BCUT2D eigenvalue weighted by atomic mass is 9.84. The Bertz CT molecular complexity index is 329. The Morgan fingerprint density at radius 1 is 1.53 bits per heavy atom. The van der Waals surface area contributed by atoms with Gasteiger partial charge in [-0.05, 0) is 24.7 Å². The minimum absolute atomic E-state index is 0.163. The topological polar surface area (TPSA) is 50.1 Å². The Morgan fingerprint density at radius 3 is 2.93 bits per heavy atom. The van der Waals surface area contributed by atoms with Crippen molar-refractivity contribution in [1.82, 2.24) is 0 Å². The number of allylic oxidation sites excluding steroid dienone is 2. The van der Waals surface area contributed by atoms with E-state index in [1.165, 1.54) is 0 Å². The third-order valence-corrected chi connectivity index (χ3v) is 3.33. The summed E-state index contributed by atoms with van der Waals surface area (Å²) in [5.41, 5.74) is 0. The lowest BCUT2D eigenvalue weighted by Crippen LogP contribution is -2.28. The molecule has 0 radical (unpaired) electrons. The largest absolute Gasteiger partial charge is 0.465 e. The van der Waals surface area contributed by atoms with Crippen LogP contribution in [0.4, 0.5) is 0 Å². The molecule has 0 heterocycles. The molecule has 0 spiro atoms. The van der Waals surface area contributed by atoms with Gasteiger partial charge in [0.05, 0.1) is 24.5 Å². The molecule has 1 fully saturated rings. The number of nitriles is 1. The van der Waals surface area contributed by atoms with E-state index in [2.05, 4.69) is 18.2 Å². The van der Waals surface area contributed by atoms with Crippen LogP contribution in [-0.2, 0) is 9.53 Å². The monoisotopic (exact) mass is 205 g/mol. The maximum absolute atomic E-state index is 11.8. The molecule has 0 saturated heterocycles. The van der Waals surface area contributed by atoms with Crippen molar-refractivity contribution in [1.29, 1.82) is 5.26 Å². The van der Waals surface area contributed by atoms with Crippen LogP contribution < -0.4 is 0 Å². The van der Waals surface area contributed by atoms with Crippen molar-refractivity contribution >= 4 is 5.97 Å². The smallest absolute Gasteiger partial charge is 0.310 e. The highest BCUT2D eigenvalue weighted by Crippen LogP contribution is 2.48. The summed E-state index contributed by atoms with van der Waals surface area (Å²) in [5, 5.41) is 9.04. The number of rotatable bonds is 3. The predicted molar refractivity (Wildman–Crippen MR) is 54.6 cm³/mol. The highest BCUT2D eigenvalue weighted by Gasteiger charge is 2.49. The highest BCUT2D eigenvalue weighted by molar-refractivity contribution is 5.75. The van der Waals surface area contributed by atoms with Crippen LogP contribution in [0.15, 0.2) is 12.2 Å². The minimum Gasteiger partial charge on any atom is -0.465 e. The van der Waals surface area contributed by atoms with E-state index in [9.17, 15) is 4.79 Å². The molecular weight excluding hydrogens is 190 g/mol. The van der Waals surface area contributed by atoms with Gasteiger partial charge in [0, 0.05) is 0 Å². The number of nitrogens with zero attached hydrogens (tertiary/aromatic N) is 1. The summed E-state index contributed by atoms with van der Waals surface area (Å²) in [5.74, 6) is -0.0376. The van der Waals surface area contributed by atoms with Crippen LogP contribution in [0.25, 0.3) is 0 Å². The minimum atomic E-state index is -0.212. The average Bonchev–Trinajstić information content (AvgIpc) is 2.84. The Hall–Kier alpha value is -1.30. The molecule has 0 aromatic rings. The quantitative estimate of drug-likeness (QED) is 0.522. The fraction of sp³-hybridized carbons (Fsp3) is 0.667. The molecule has 2 aliphatic carbocycles. The molecular formula is C12H15NO2. The first-order chi connectivity index (χ1) is 7.27. The molecule has 1 saturated carbocycles. The second-order valence-electron chi connectivity index (χ2n) is 4.30. The van der Waals surface area contributed by atoms with Crippen LogP contribution in [0.1, 0.15) is 19.8 Å². The van der Waals surface area contributed by atoms with Crippen LogP contribution >= 0.6 is 0 Å². The van der Waals surface area contributed by atoms with Gasteiger partial charge in [-0.1, -0.05) is 19.1 Å². The van der Waals surface area contributed by atoms with Crippen LogP contribution in [0.5, 0.6) is 0 Å². The fourth-order valence-corrected chi connectivity index (χ4v) is 2.62. The van der Waals surface area contributed by atoms with E-state index >= 15 is 0 Å². The van der Waals surface area contributed by atoms with Gasteiger partial charge < -0.3 is 4.74 Å². The second kappa shape index (κ2) is 4.06. The molecule has 0 aromatic carbocycles. The van der Waals surface area contributed by atoms with Gasteiger partial charge in [0.15, 0.2) is 0 Å². The Labute approximate surface area is 89.7 Å². The zero-order chi connectivity index (χ0) is 10.8. The summed E-state index contributed by atoms with van der Waals surface area (Å²) in [4.78, 5) is 11.8. The predicted octanol–water partition coefficient (Wildman–Crippen LogP) is 1.90. The van der Waals surface area contributed by atoms with Gasteiger partial charge in [0.2, 0.25) is 0 Å². The second-order valence-corrected chi connectivity index (χ2v) is 4.30. The standard InChI is InChI=1S/C12H15NO2/c1-2-5-15-12(14)11-9-4-3-8(6-9)10(11)7-13/h3-4,8-11H,2,5-6H2,1H3/t8-,9+,10+,11-/m1/s1. The zero-order valence-electron chi connectivity index (χ0n) is 8.85. The van der Waals surface area contributed by atoms with Crippen LogP contribution in [0.2, 0.25) is 0 Å². The molecule has 2 aliphatic rings. The van der Waals surface area contributed by atoms with Gasteiger partial charge in [-0.25, -0.2) is 0 Å². The van der Waals surface area contributed by atoms with Crippen molar-refractivity contribution in [2.45, 2.75) is 19.8 Å². The average molecular weight is 205 g/mol. The van der Waals surface area contributed by atoms with Crippen LogP contribution in [0.3, 0.4) is 0 Å². The van der Waals surface area contributed by atoms with E-state index < -0.39 is 0 Å². The van der Waals surface area contributed by atoms with Crippen molar-refractivity contribution in [2.75, 3.05) is 6.61 Å². The summed E-state index contributed by atoms with van der Waals surface area (Å²) < 4.78 is 5.14. The third-order valence-electron chi connectivity index (χ3n) is 3.33. The maximum Gasteiger partial charge on any atom is 0.310 e. The van der Waals surface area contributed by atoms with Crippen molar-refractivity contribution in [3.8, 4) is 6.07 Å². The van der Waals surface area contributed by atoms with Gasteiger partial charge >= 0.3 is 5.97 Å². The Kier molecular flexibility index (Phi) is 2.77. The Balaban J connectivity index is 2.06. The highest BCUT2D eigenvalue weighted by atomic mass is 16.5. The van der Waals surface area contributed by atoms with Crippen LogP contribution in [-0.4, -0.2) is 12.6 Å². The molecule has 0 amide bonds.